The Balaban J connectivity index is 2.16. The third-order valence-electron chi connectivity index (χ3n) is 2.93. The maximum Gasteiger partial charge on any atom is 0.345 e. The van der Waals surface area contributed by atoms with E-state index >= 15 is 0 Å². The molecule has 2 rings (SSSR count). The van der Waals surface area contributed by atoms with Crippen LogP contribution in [0, 0.1) is 0 Å². The molecule has 7 nitrogen and oxygen atoms in total. The van der Waals surface area contributed by atoms with Crippen LogP contribution in [0.4, 0.5) is 4.79 Å². The van der Waals surface area contributed by atoms with Crippen LogP contribution in [-0.4, -0.2) is 49.2 Å². The fourth-order valence-corrected chi connectivity index (χ4v) is 2.53. The minimum Gasteiger partial charge on any atom is -0.748 e. The van der Waals surface area contributed by atoms with Crippen molar-refractivity contribution in [1.82, 2.24) is 9.96 Å². The SMILES string of the molecule is CC(=O)[C@@H]1CC[C@@H]2CN1C(=O)N2OS(=O)[O-]. The van der Waals surface area contributed by atoms with Gasteiger partial charge >= 0.3 is 6.03 Å². The number of Topliss-reactive ketones (excluding diaryl/α,β-unsaturated/α-hetero) is 1. The number of nitrogens with zero attached hydrogens (tertiary/aromatic N) is 2. The molecule has 2 heterocycles. The van der Waals surface area contributed by atoms with Crippen molar-refractivity contribution < 1.29 is 22.6 Å². The molecule has 2 fully saturated rings. The summed E-state index contributed by atoms with van der Waals surface area (Å²) in [6.07, 6.45) is 1.13. The van der Waals surface area contributed by atoms with E-state index in [0.717, 1.165) is 5.06 Å². The van der Waals surface area contributed by atoms with Gasteiger partial charge in [0.1, 0.15) is 11.4 Å². The minimum absolute atomic E-state index is 0.0862. The molecule has 3 atom stereocenters. The van der Waals surface area contributed by atoms with Crippen LogP contribution in [0.1, 0.15) is 19.8 Å². The lowest BCUT2D eigenvalue weighted by atomic mass is 9.98. The van der Waals surface area contributed by atoms with Crippen LogP contribution in [0.5, 0.6) is 0 Å². The van der Waals surface area contributed by atoms with Gasteiger partial charge in [-0.2, -0.15) is 9.35 Å². The maximum absolute atomic E-state index is 11.7. The van der Waals surface area contributed by atoms with E-state index in [-0.39, 0.29) is 11.8 Å². The highest BCUT2D eigenvalue weighted by molar-refractivity contribution is 7.74. The van der Waals surface area contributed by atoms with Gasteiger partial charge in [0.05, 0.1) is 12.1 Å². The van der Waals surface area contributed by atoms with Gasteiger partial charge in [-0.1, -0.05) is 0 Å². The van der Waals surface area contributed by atoms with E-state index in [1.54, 1.807) is 0 Å². The first-order valence-electron chi connectivity index (χ1n) is 4.88. The molecule has 0 aromatic heterocycles. The second-order valence-electron chi connectivity index (χ2n) is 3.90. The molecule has 0 N–H and O–H groups in total. The first kappa shape index (κ1) is 11.5. The second kappa shape index (κ2) is 4.11. The molecule has 0 saturated carbocycles. The summed E-state index contributed by atoms with van der Waals surface area (Å²) in [5.41, 5.74) is 0. The highest BCUT2D eigenvalue weighted by Gasteiger charge is 2.47. The van der Waals surface area contributed by atoms with Crippen molar-refractivity contribution in [2.75, 3.05) is 6.54 Å². The van der Waals surface area contributed by atoms with Crippen molar-refractivity contribution in [3.05, 3.63) is 0 Å². The van der Waals surface area contributed by atoms with E-state index in [0.29, 0.717) is 19.4 Å². The number of fused-ring (bicyclic) bond motifs is 2. The van der Waals surface area contributed by atoms with Crippen LogP contribution in [0.25, 0.3) is 0 Å². The topological polar surface area (TPSA) is 90.0 Å². The van der Waals surface area contributed by atoms with Gasteiger partial charge < -0.3 is 9.45 Å². The first-order valence-corrected chi connectivity index (χ1v) is 5.88. The number of urea groups is 1. The summed E-state index contributed by atoms with van der Waals surface area (Å²) in [7, 11) is 0. The highest BCUT2D eigenvalue weighted by atomic mass is 32.2. The van der Waals surface area contributed by atoms with Crippen molar-refractivity contribution >= 4 is 23.2 Å². The number of rotatable bonds is 3. The Hall–Kier alpha value is -0.990. The molecule has 2 aliphatic rings. The molecule has 0 radical (unpaired) electrons. The minimum atomic E-state index is -2.76. The lowest BCUT2D eigenvalue weighted by Gasteiger charge is -2.28. The Morgan fingerprint density at radius 2 is 2.25 bits per heavy atom. The Labute approximate surface area is 94.8 Å². The Morgan fingerprint density at radius 1 is 1.56 bits per heavy atom. The highest BCUT2D eigenvalue weighted by Crippen LogP contribution is 2.30. The van der Waals surface area contributed by atoms with Crippen LogP contribution >= 0.6 is 0 Å². The normalized spacial score (nSPS) is 30.8. The van der Waals surface area contributed by atoms with E-state index in [4.69, 9.17) is 0 Å². The molecule has 2 saturated heterocycles. The molecule has 1 unspecified atom stereocenters. The lowest BCUT2D eigenvalue weighted by molar-refractivity contribution is -0.121. The summed E-state index contributed by atoms with van der Waals surface area (Å²) in [6.45, 7) is 1.77. The number of carbonyl (C=O) groups excluding carboxylic acids is 2. The number of carbonyl (C=O) groups is 2. The van der Waals surface area contributed by atoms with Crippen molar-refractivity contribution in [1.29, 1.82) is 0 Å². The number of amides is 2. The summed E-state index contributed by atoms with van der Waals surface area (Å²) < 4.78 is 25.2. The summed E-state index contributed by atoms with van der Waals surface area (Å²) in [5.74, 6) is -0.0862. The summed E-state index contributed by atoms with van der Waals surface area (Å²) in [4.78, 5) is 24.4. The Kier molecular flexibility index (Phi) is 2.96. The molecule has 0 aromatic rings. The molecule has 2 aliphatic heterocycles. The third-order valence-corrected chi connectivity index (χ3v) is 3.22. The smallest absolute Gasteiger partial charge is 0.345 e. The number of hydrogen-bond acceptors (Lipinski definition) is 5. The van der Waals surface area contributed by atoms with Gasteiger partial charge in [0.25, 0.3) is 0 Å². The molecular weight excluding hydrogens is 236 g/mol. The van der Waals surface area contributed by atoms with Gasteiger partial charge in [0.2, 0.25) is 0 Å². The molecule has 8 heteroatoms. The van der Waals surface area contributed by atoms with Crippen LogP contribution in [-0.2, 0) is 20.4 Å². The zero-order valence-corrected chi connectivity index (χ0v) is 9.44. The molecular formula is C8H11N2O5S-. The monoisotopic (exact) mass is 247 g/mol. The third kappa shape index (κ3) is 1.83. The maximum atomic E-state index is 11.7. The summed E-state index contributed by atoms with van der Waals surface area (Å²) >= 11 is -2.76. The number of hydroxylamine groups is 2. The van der Waals surface area contributed by atoms with E-state index in [1.807, 2.05) is 0 Å². The molecule has 0 spiro atoms. The molecule has 0 aliphatic carbocycles. The van der Waals surface area contributed by atoms with Crippen molar-refractivity contribution in [2.24, 2.45) is 0 Å². The van der Waals surface area contributed by atoms with E-state index < -0.39 is 23.4 Å². The van der Waals surface area contributed by atoms with Crippen LogP contribution < -0.4 is 0 Å². The van der Waals surface area contributed by atoms with Crippen molar-refractivity contribution in [3.63, 3.8) is 0 Å². The average Bonchev–Trinajstić information content (AvgIpc) is 2.43. The molecule has 2 bridgehead atoms. The van der Waals surface area contributed by atoms with E-state index in [9.17, 15) is 18.4 Å². The van der Waals surface area contributed by atoms with Crippen LogP contribution in [0.15, 0.2) is 0 Å². The van der Waals surface area contributed by atoms with Gasteiger partial charge in [-0.3, -0.25) is 4.79 Å². The van der Waals surface area contributed by atoms with E-state index in [2.05, 4.69) is 4.28 Å². The average molecular weight is 247 g/mol. The largest absolute Gasteiger partial charge is 0.748 e. The van der Waals surface area contributed by atoms with Crippen LogP contribution in [0.2, 0.25) is 0 Å². The lowest BCUT2D eigenvalue weighted by Crippen LogP contribution is -2.44. The van der Waals surface area contributed by atoms with Gasteiger partial charge in [-0.05, 0) is 19.8 Å². The second-order valence-corrected chi connectivity index (χ2v) is 4.45. The molecule has 0 aromatic carbocycles. The zero-order valence-electron chi connectivity index (χ0n) is 8.62. The fraction of sp³-hybridized carbons (Fsp3) is 0.750. The standard InChI is InChI=1S/C8H12N2O5S/c1-5(11)7-3-2-6-4-9(7)8(12)10(6)15-16(13)14/h6-7H,2-4H2,1H3,(H,13,14)/p-1/t6-,7+/m1/s1. The molecule has 90 valence electrons. The van der Waals surface area contributed by atoms with Crippen molar-refractivity contribution in [2.45, 2.75) is 31.8 Å². The summed E-state index contributed by atoms with van der Waals surface area (Å²) in [5, 5.41) is 0.839. The van der Waals surface area contributed by atoms with E-state index in [1.165, 1.54) is 11.8 Å². The van der Waals surface area contributed by atoms with Gasteiger partial charge in [-0.25, -0.2) is 9.00 Å². The fourth-order valence-electron chi connectivity index (χ4n) is 2.22. The predicted molar refractivity (Wildman–Crippen MR) is 51.4 cm³/mol. The number of piperidine rings is 1. The van der Waals surface area contributed by atoms with Crippen molar-refractivity contribution in [3.8, 4) is 0 Å². The molecule has 16 heavy (non-hydrogen) atoms. The zero-order chi connectivity index (χ0) is 11.9. The Morgan fingerprint density at radius 3 is 2.81 bits per heavy atom. The molecule has 2 amide bonds. The van der Waals surface area contributed by atoms with Gasteiger partial charge in [0, 0.05) is 6.54 Å². The number of ketones is 1. The van der Waals surface area contributed by atoms with Gasteiger partial charge in [0.15, 0.2) is 5.78 Å². The number of hydrogen-bond donors (Lipinski definition) is 0. The van der Waals surface area contributed by atoms with Crippen LogP contribution in [0.3, 0.4) is 0 Å². The van der Waals surface area contributed by atoms with Gasteiger partial charge in [-0.15, -0.1) is 0 Å². The summed E-state index contributed by atoms with van der Waals surface area (Å²) in [6, 6.07) is -1.27. The Bertz CT molecular complexity index is 356. The quantitative estimate of drug-likeness (QED) is 0.631. The predicted octanol–water partition coefficient (Wildman–Crippen LogP) is -0.430. The first-order chi connectivity index (χ1) is 7.50.